The maximum Gasteiger partial charge on any atom is 0.303 e. The SMILES string of the molecule is CC(C)CC(CNC(=O)Cc1ccn[nH]1)CC(=O)O. The smallest absolute Gasteiger partial charge is 0.303 e. The maximum atomic E-state index is 11.7. The predicted molar refractivity (Wildman–Crippen MR) is 70.5 cm³/mol. The largest absolute Gasteiger partial charge is 0.481 e. The third-order valence-electron chi connectivity index (χ3n) is 2.77. The fourth-order valence-electron chi connectivity index (χ4n) is 2.03. The summed E-state index contributed by atoms with van der Waals surface area (Å²) >= 11 is 0. The van der Waals surface area contributed by atoms with Gasteiger partial charge in [0.1, 0.15) is 0 Å². The summed E-state index contributed by atoms with van der Waals surface area (Å²) in [5.41, 5.74) is 0.746. The number of H-pyrrole nitrogens is 1. The first-order valence-corrected chi connectivity index (χ1v) is 6.44. The van der Waals surface area contributed by atoms with Crippen molar-refractivity contribution in [2.75, 3.05) is 6.54 Å². The van der Waals surface area contributed by atoms with E-state index in [1.54, 1.807) is 12.3 Å². The van der Waals surface area contributed by atoms with Crippen LogP contribution >= 0.6 is 0 Å². The Kier molecular flexibility index (Phi) is 6.05. The second kappa shape index (κ2) is 7.56. The highest BCUT2D eigenvalue weighted by molar-refractivity contribution is 5.78. The van der Waals surface area contributed by atoms with Crippen molar-refractivity contribution in [2.45, 2.75) is 33.1 Å². The first-order valence-electron chi connectivity index (χ1n) is 6.44. The van der Waals surface area contributed by atoms with E-state index in [1.165, 1.54) is 0 Å². The predicted octanol–water partition coefficient (Wildman–Crippen LogP) is 1.21. The van der Waals surface area contributed by atoms with Crippen LogP contribution in [0.25, 0.3) is 0 Å². The number of nitrogens with zero attached hydrogens (tertiary/aromatic N) is 1. The van der Waals surface area contributed by atoms with Crippen molar-refractivity contribution in [3.63, 3.8) is 0 Å². The molecule has 0 spiro atoms. The van der Waals surface area contributed by atoms with Gasteiger partial charge in [-0.3, -0.25) is 14.7 Å². The van der Waals surface area contributed by atoms with Crippen molar-refractivity contribution in [1.82, 2.24) is 15.5 Å². The van der Waals surface area contributed by atoms with Crippen LogP contribution in [-0.2, 0) is 16.0 Å². The molecule has 1 rings (SSSR count). The zero-order valence-electron chi connectivity index (χ0n) is 11.3. The summed E-state index contributed by atoms with van der Waals surface area (Å²) in [7, 11) is 0. The van der Waals surface area contributed by atoms with Crippen LogP contribution < -0.4 is 5.32 Å². The van der Waals surface area contributed by atoms with Crippen LogP contribution in [0.2, 0.25) is 0 Å². The van der Waals surface area contributed by atoms with E-state index in [4.69, 9.17) is 5.11 Å². The molecule has 1 heterocycles. The van der Waals surface area contributed by atoms with E-state index >= 15 is 0 Å². The lowest BCUT2D eigenvalue weighted by atomic mass is 9.94. The number of carbonyl (C=O) groups excluding carboxylic acids is 1. The van der Waals surface area contributed by atoms with Crippen LogP contribution in [0.15, 0.2) is 12.3 Å². The fourth-order valence-corrected chi connectivity index (χ4v) is 2.03. The number of hydrogen-bond donors (Lipinski definition) is 3. The lowest BCUT2D eigenvalue weighted by molar-refractivity contribution is -0.138. The molecular weight excluding hydrogens is 246 g/mol. The summed E-state index contributed by atoms with van der Waals surface area (Å²) in [6.45, 7) is 4.49. The number of carboxylic acid groups (broad SMARTS) is 1. The molecule has 0 aromatic carbocycles. The minimum atomic E-state index is -0.825. The molecule has 0 fully saturated rings. The van der Waals surface area contributed by atoms with Gasteiger partial charge in [-0.25, -0.2) is 0 Å². The molecule has 1 unspecified atom stereocenters. The molecular formula is C13H21N3O3. The van der Waals surface area contributed by atoms with Crippen LogP contribution in [0.4, 0.5) is 0 Å². The molecule has 0 radical (unpaired) electrons. The van der Waals surface area contributed by atoms with Crippen molar-refractivity contribution >= 4 is 11.9 Å². The van der Waals surface area contributed by atoms with Gasteiger partial charge in [0.2, 0.25) is 5.91 Å². The highest BCUT2D eigenvalue weighted by atomic mass is 16.4. The number of carboxylic acids is 1. The van der Waals surface area contributed by atoms with Gasteiger partial charge in [0, 0.05) is 24.9 Å². The molecule has 1 aromatic heterocycles. The van der Waals surface area contributed by atoms with Crippen LogP contribution in [0, 0.1) is 11.8 Å². The molecule has 6 nitrogen and oxygen atoms in total. The Hall–Kier alpha value is -1.85. The number of nitrogens with one attached hydrogen (secondary N) is 2. The molecule has 106 valence electrons. The van der Waals surface area contributed by atoms with Crippen molar-refractivity contribution in [3.8, 4) is 0 Å². The summed E-state index contributed by atoms with van der Waals surface area (Å²) in [5.74, 6) is -0.561. The number of carbonyl (C=O) groups is 2. The number of rotatable bonds is 8. The van der Waals surface area contributed by atoms with Crippen molar-refractivity contribution in [1.29, 1.82) is 0 Å². The molecule has 0 aliphatic rings. The number of amides is 1. The molecule has 0 bridgehead atoms. The van der Waals surface area contributed by atoms with Gasteiger partial charge in [-0.15, -0.1) is 0 Å². The number of hydrogen-bond acceptors (Lipinski definition) is 3. The van der Waals surface area contributed by atoms with Gasteiger partial charge in [0.15, 0.2) is 0 Å². The van der Waals surface area contributed by atoms with E-state index in [0.29, 0.717) is 12.5 Å². The number of aliphatic carboxylic acids is 1. The minimum absolute atomic E-state index is 0.0248. The quantitative estimate of drug-likeness (QED) is 0.659. The lowest BCUT2D eigenvalue weighted by Gasteiger charge is -2.17. The first kappa shape index (κ1) is 15.2. The minimum Gasteiger partial charge on any atom is -0.481 e. The molecule has 1 aromatic rings. The Balaban J connectivity index is 2.37. The van der Waals surface area contributed by atoms with Gasteiger partial charge in [0.25, 0.3) is 0 Å². The van der Waals surface area contributed by atoms with Gasteiger partial charge in [-0.05, 0) is 24.3 Å². The summed E-state index contributed by atoms with van der Waals surface area (Å²) in [6.07, 6.45) is 2.70. The molecule has 0 saturated heterocycles. The topological polar surface area (TPSA) is 95.1 Å². The second-order valence-corrected chi connectivity index (χ2v) is 5.16. The van der Waals surface area contributed by atoms with Gasteiger partial charge < -0.3 is 10.4 Å². The summed E-state index contributed by atoms with van der Waals surface area (Å²) < 4.78 is 0. The number of aromatic nitrogens is 2. The third kappa shape index (κ3) is 6.59. The van der Waals surface area contributed by atoms with Crippen LogP contribution in [-0.4, -0.2) is 33.7 Å². The average molecular weight is 267 g/mol. The molecule has 6 heteroatoms. The third-order valence-corrected chi connectivity index (χ3v) is 2.77. The number of aromatic amines is 1. The van der Waals surface area contributed by atoms with E-state index in [2.05, 4.69) is 15.5 Å². The molecule has 0 saturated carbocycles. The van der Waals surface area contributed by atoms with Crippen molar-refractivity contribution < 1.29 is 14.7 Å². The van der Waals surface area contributed by atoms with E-state index < -0.39 is 5.97 Å². The van der Waals surface area contributed by atoms with Gasteiger partial charge in [0.05, 0.1) is 6.42 Å². The van der Waals surface area contributed by atoms with Gasteiger partial charge in [-0.1, -0.05) is 13.8 Å². The molecule has 19 heavy (non-hydrogen) atoms. The molecule has 1 atom stereocenters. The zero-order valence-corrected chi connectivity index (χ0v) is 11.3. The van der Waals surface area contributed by atoms with Crippen molar-refractivity contribution in [2.24, 2.45) is 11.8 Å². The highest BCUT2D eigenvalue weighted by Crippen LogP contribution is 2.14. The second-order valence-electron chi connectivity index (χ2n) is 5.16. The summed E-state index contributed by atoms with van der Waals surface area (Å²) in [5, 5.41) is 18.1. The van der Waals surface area contributed by atoms with Crippen molar-refractivity contribution in [3.05, 3.63) is 18.0 Å². The Bertz CT molecular complexity index is 401. The monoisotopic (exact) mass is 267 g/mol. The maximum absolute atomic E-state index is 11.7. The van der Waals surface area contributed by atoms with E-state index in [-0.39, 0.29) is 24.7 Å². The Morgan fingerprint density at radius 1 is 1.47 bits per heavy atom. The normalized spacial score (nSPS) is 12.4. The molecule has 0 aliphatic carbocycles. The van der Waals surface area contributed by atoms with Crippen LogP contribution in [0.1, 0.15) is 32.4 Å². The van der Waals surface area contributed by atoms with Crippen LogP contribution in [0.5, 0.6) is 0 Å². The zero-order chi connectivity index (χ0) is 14.3. The lowest BCUT2D eigenvalue weighted by Crippen LogP contribution is -2.32. The fraction of sp³-hybridized carbons (Fsp3) is 0.615. The Morgan fingerprint density at radius 2 is 2.21 bits per heavy atom. The Morgan fingerprint density at radius 3 is 2.74 bits per heavy atom. The summed E-state index contributed by atoms with van der Waals surface area (Å²) in [4.78, 5) is 22.4. The Labute approximate surface area is 112 Å². The highest BCUT2D eigenvalue weighted by Gasteiger charge is 2.16. The van der Waals surface area contributed by atoms with Gasteiger partial charge in [-0.2, -0.15) is 5.10 Å². The standard InChI is InChI=1S/C13H21N3O3/c1-9(2)5-10(6-13(18)19)8-14-12(17)7-11-3-4-15-16-11/h3-4,9-10H,5-8H2,1-2H3,(H,14,17)(H,15,16)(H,18,19). The first-order chi connectivity index (χ1) is 8.97. The van der Waals surface area contributed by atoms with Crippen LogP contribution in [0.3, 0.4) is 0 Å². The molecule has 3 N–H and O–H groups in total. The van der Waals surface area contributed by atoms with E-state index in [1.807, 2.05) is 13.8 Å². The molecule has 1 amide bonds. The molecule has 0 aliphatic heterocycles. The van der Waals surface area contributed by atoms with Gasteiger partial charge >= 0.3 is 5.97 Å². The van der Waals surface area contributed by atoms with E-state index in [9.17, 15) is 9.59 Å². The average Bonchev–Trinajstić information content (AvgIpc) is 2.77. The van der Waals surface area contributed by atoms with E-state index in [0.717, 1.165) is 12.1 Å². The summed E-state index contributed by atoms with van der Waals surface area (Å²) in [6, 6.07) is 1.74.